The van der Waals surface area contributed by atoms with Crippen LogP contribution in [0.1, 0.15) is 18.4 Å². The molecule has 2 aliphatic heterocycles. The van der Waals surface area contributed by atoms with Gasteiger partial charge >= 0.3 is 0 Å². The first-order chi connectivity index (χ1) is 7.69. The number of fused-ring (bicyclic) bond motifs is 2. The maximum absolute atomic E-state index is 13.5. The van der Waals surface area contributed by atoms with Crippen LogP contribution < -0.4 is 5.32 Å². The van der Waals surface area contributed by atoms with Gasteiger partial charge in [-0.05, 0) is 36.3 Å². The van der Waals surface area contributed by atoms with E-state index in [9.17, 15) is 9.18 Å². The van der Waals surface area contributed by atoms with E-state index in [2.05, 4.69) is 5.32 Å². The second-order valence-electron chi connectivity index (χ2n) is 5.09. The third-order valence-electron chi connectivity index (χ3n) is 3.89. The van der Waals surface area contributed by atoms with Crippen molar-refractivity contribution < 1.29 is 9.18 Å². The predicted molar refractivity (Wildman–Crippen MR) is 58.3 cm³/mol. The normalized spacial score (nSPS) is 31.8. The minimum atomic E-state index is -0.128. The monoisotopic (exact) mass is 219 g/mol. The van der Waals surface area contributed by atoms with Gasteiger partial charge in [-0.1, -0.05) is 18.2 Å². The van der Waals surface area contributed by atoms with E-state index in [1.54, 1.807) is 6.07 Å². The van der Waals surface area contributed by atoms with E-state index in [0.717, 1.165) is 24.8 Å². The molecule has 1 aromatic rings. The molecule has 84 valence electrons. The summed E-state index contributed by atoms with van der Waals surface area (Å²) in [6.07, 6.45) is 2.59. The van der Waals surface area contributed by atoms with E-state index in [1.807, 2.05) is 12.1 Å². The van der Waals surface area contributed by atoms with Crippen LogP contribution in [0, 0.1) is 17.2 Å². The second kappa shape index (κ2) is 3.30. The molecule has 0 unspecified atom stereocenters. The molecule has 1 aliphatic carbocycles. The van der Waals surface area contributed by atoms with Crippen LogP contribution in [0.25, 0.3) is 0 Å². The molecule has 3 heteroatoms. The molecule has 2 heterocycles. The van der Waals surface area contributed by atoms with Gasteiger partial charge in [0.2, 0.25) is 5.91 Å². The number of carbonyl (C=O) groups is 1. The minimum absolute atomic E-state index is 0.126. The third-order valence-corrected chi connectivity index (χ3v) is 3.89. The quantitative estimate of drug-likeness (QED) is 0.808. The highest BCUT2D eigenvalue weighted by Gasteiger charge is 2.51. The Kier molecular flexibility index (Phi) is 2.03. The summed E-state index contributed by atoms with van der Waals surface area (Å²) in [5, 5.41) is 2.90. The lowest BCUT2D eigenvalue weighted by molar-refractivity contribution is -0.140. The number of rotatable bonds is 2. The molecular formula is C13H14FNO. The average molecular weight is 219 g/mol. The Morgan fingerprint density at radius 2 is 2.12 bits per heavy atom. The number of halogens is 1. The molecule has 1 N–H and O–H groups in total. The van der Waals surface area contributed by atoms with Crippen molar-refractivity contribution in [2.24, 2.45) is 11.3 Å². The fourth-order valence-corrected chi connectivity index (χ4v) is 2.99. The highest BCUT2D eigenvalue weighted by Crippen LogP contribution is 2.50. The highest BCUT2D eigenvalue weighted by atomic mass is 19.1. The number of amides is 1. The molecule has 1 saturated carbocycles. The third kappa shape index (κ3) is 1.42. The minimum Gasteiger partial charge on any atom is -0.355 e. The van der Waals surface area contributed by atoms with Crippen LogP contribution in [0.3, 0.4) is 0 Å². The van der Waals surface area contributed by atoms with Gasteiger partial charge in [-0.25, -0.2) is 4.39 Å². The topological polar surface area (TPSA) is 29.1 Å². The van der Waals surface area contributed by atoms with Crippen molar-refractivity contribution in [3.63, 3.8) is 0 Å². The highest BCUT2D eigenvalue weighted by molar-refractivity contribution is 5.81. The van der Waals surface area contributed by atoms with Crippen LogP contribution in [0.5, 0.6) is 0 Å². The summed E-state index contributed by atoms with van der Waals surface area (Å²) in [4.78, 5) is 11.3. The number of carbonyl (C=O) groups excluding carboxylic acids is 1. The molecule has 0 radical (unpaired) electrons. The van der Waals surface area contributed by atoms with E-state index in [4.69, 9.17) is 0 Å². The molecule has 16 heavy (non-hydrogen) atoms. The first-order valence-electron chi connectivity index (χ1n) is 5.70. The molecule has 3 fully saturated rings. The molecule has 3 aliphatic rings. The Morgan fingerprint density at radius 1 is 1.38 bits per heavy atom. The van der Waals surface area contributed by atoms with Crippen LogP contribution in [-0.2, 0) is 11.2 Å². The Bertz CT molecular complexity index is 432. The zero-order chi connectivity index (χ0) is 11.2. The van der Waals surface area contributed by atoms with Crippen LogP contribution in [0.2, 0.25) is 0 Å². The molecule has 2 bridgehead atoms. The lowest BCUT2D eigenvalue weighted by atomic mass is 9.57. The maximum atomic E-state index is 13.5. The summed E-state index contributed by atoms with van der Waals surface area (Å²) >= 11 is 0. The fraction of sp³-hybridized carbons (Fsp3) is 0.462. The van der Waals surface area contributed by atoms with Crippen LogP contribution in [-0.4, -0.2) is 12.5 Å². The molecule has 1 amide bonds. The Balaban J connectivity index is 1.77. The smallest absolute Gasteiger partial charge is 0.223 e. The Morgan fingerprint density at radius 3 is 2.75 bits per heavy atom. The van der Waals surface area contributed by atoms with Crippen LogP contribution in [0.15, 0.2) is 24.3 Å². The Labute approximate surface area is 93.9 Å². The lowest BCUT2D eigenvalue weighted by Gasteiger charge is -2.51. The average Bonchev–Trinajstić information content (AvgIpc) is 2.23. The number of piperidine rings is 2. The van der Waals surface area contributed by atoms with Gasteiger partial charge in [0.05, 0.1) is 0 Å². The van der Waals surface area contributed by atoms with Crippen molar-refractivity contribution in [2.75, 3.05) is 6.54 Å². The van der Waals surface area contributed by atoms with Crippen LogP contribution >= 0.6 is 0 Å². The van der Waals surface area contributed by atoms with Crippen molar-refractivity contribution in [3.05, 3.63) is 35.6 Å². The van der Waals surface area contributed by atoms with E-state index < -0.39 is 0 Å². The SMILES string of the molecule is O=C1NCC2(Cc3ccccc3F)CC1C2. The van der Waals surface area contributed by atoms with Crippen molar-refractivity contribution in [1.82, 2.24) is 5.32 Å². The first-order valence-corrected chi connectivity index (χ1v) is 5.70. The van der Waals surface area contributed by atoms with Gasteiger partial charge in [0, 0.05) is 12.5 Å². The van der Waals surface area contributed by atoms with Gasteiger partial charge in [0.15, 0.2) is 0 Å². The van der Waals surface area contributed by atoms with Gasteiger partial charge in [-0.2, -0.15) is 0 Å². The van der Waals surface area contributed by atoms with Crippen molar-refractivity contribution in [1.29, 1.82) is 0 Å². The van der Waals surface area contributed by atoms with E-state index in [1.165, 1.54) is 6.07 Å². The number of benzene rings is 1. The summed E-state index contributed by atoms with van der Waals surface area (Å²) < 4.78 is 13.5. The van der Waals surface area contributed by atoms with Gasteiger partial charge in [0.25, 0.3) is 0 Å². The zero-order valence-electron chi connectivity index (χ0n) is 9.00. The number of nitrogens with one attached hydrogen (secondary N) is 1. The molecular weight excluding hydrogens is 205 g/mol. The van der Waals surface area contributed by atoms with Crippen molar-refractivity contribution in [2.45, 2.75) is 19.3 Å². The maximum Gasteiger partial charge on any atom is 0.223 e. The summed E-state index contributed by atoms with van der Waals surface area (Å²) in [6, 6.07) is 6.92. The van der Waals surface area contributed by atoms with Crippen molar-refractivity contribution in [3.8, 4) is 0 Å². The van der Waals surface area contributed by atoms with Gasteiger partial charge in [0.1, 0.15) is 5.82 Å². The predicted octanol–water partition coefficient (Wildman–Crippen LogP) is 1.89. The molecule has 1 aromatic carbocycles. The van der Waals surface area contributed by atoms with E-state index >= 15 is 0 Å². The molecule has 0 atom stereocenters. The number of hydrogen-bond donors (Lipinski definition) is 1. The molecule has 2 nitrogen and oxygen atoms in total. The van der Waals surface area contributed by atoms with Gasteiger partial charge < -0.3 is 5.32 Å². The molecule has 4 rings (SSSR count). The zero-order valence-corrected chi connectivity index (χ0v) is 9.00. The van der Waals surface area contributed by atoms with Crippen LogP contribution in [0.4, 0.5) is 4.39 Å². The summed E-state index contributed by atoms with van der Waals surface area (Å²) in [5.74, 6) is 0.230. The summed E-state index contributed by atoms with van der Waals surface area (Å²) in [7, 11) is 0. The Hall–Kier alpha value is -1.38. The summed E-state index contributed by atoms with van der Waals surface area (Å²) in [5.41, 5.74) is 0.901. The molecule has 0 aromatic heterocycles. The van der Waals surface area contributed by atoms with E-state index in [-0.39, 0.29) is 23.1 Å². The van der Waals surface area contributed by atoms with Crippen molar-refractivity contribution >= 4 is 5.91 Å². The fourth-order valence-electron chi connectivity index (χ4n) is 2.99. The number of hydrogen-bond acceptors (Lipinski definition) is 1. The second-order valence-corrected chi connectivity index (χ2v) is 5.09. The van der Waals surface area contributed by atoms with Gasteiger partial charge in [-0.3, -0.25) is 4.79 Å². The van der Waals surface area contributed by atoms with E-state index in [0.29, 0.717) is 6.54 Å². The molecule has 0 spiro atoms. The summed E-state index contributed by atoms with van der Waals surface area (Å²) in [6.45, 7) is 0.705. The largest absolute Gasteiger partial charge is 0.355 e. The standard InChI is InChI=1S/C13H14FNO/c14-11-4-2-1-3-9(11)5-13-6-10(7-13)12(16)15-8-13/h1-4,10H,5-8H2,(H,15,16). The molecule has 2 saturated heterocycles. The van der Waals surface area contributed by atoms with Gasteiger partial charge in [-0.15, -0.1) is 0 Å². The first kappa shape index (κ1) is 9.82. The lowest BCUT2D eigenvalue weighted by Crippen LogP contribution is -2.58.